The molecule has 1 aliphatic heterocycles. The molecule has 2 atom stereocenters. The Morgan fingerprint density at radius 3 is 2.64 bits per heavy atom. The summed E-state index contributed by atoms with van der Waals surface area (Å²) in [5.74, 6) is -0.976. The summed E-state index contributed by atoms with van der Waals surface area (Å²) < 4.78 is 41.3. The summed E-state index contributed by atoms with van der Waals surface area (Å²) in [6.45, 7) is 5.57. The minimum Gasteiger partial charge on any atom is -0.341 e. The van der Waals surface area contributed by atoms with Gasteiger partial charge in [0.15, 0.2) is 0 Å². The van der Waals surface area contributed by atoms with Crippen LogP contribution in [0.25, 0.3) is 0 Å². The van der Waals surface area contributed by atoms with Gasteiger partial charge in [-0.15, -0.1) is 0 Å². The van der Waals surface area contributed by atoms with Crippen molar-refractivity contribution in [1.29, 1.82) is 0 Å². The van der Waals surface area contributed by atoms with Gasteiger partial charge in [-0.1, -0.05) is 26.0 Å². The number of hydrogen-bond acceptors (Lipinski definition) is 4. The molecule has 1 aliphatic rings. The summed E-state index contributed by atoms with van der Waals surface area (Å²) in [4.78, 5) is 14.1. The highest BCUT2D eigenvalue weighted by molar-refractivity contribution is 7.89. The van der Waals surface area contributed by atoms with Crippen LogP contribution < -0.4 is 10.0 Å². The lowest BCUT2D eigenvalue weighted by Crippen LogP contribution is -2.50. The van der Waals surface area contributed by atoms with Gasteiger partial charge in [-0.05, 0) is 44.0 Å². The van der Waals surface area contributed by atoms with Crippen LogP contribution in [-0.2, 0) is 14.8 Å². The number of carbonyl (C=O) groups excluding carboxylic acids is 1. The zero-order valence-corrected chi connectivity index (χ0v) is 15.6. The highest BCUT2D eigenvalue weighted by Gasteiger charge is 2.35. The van der Waals surface area contributed by atoms with Gasteiger partial charge < -0.3 is 10.2 Å². The van der Waals surface area contributed by atoms with Crippen LogP contribution in [0.4, 0.5) is 4.39 Å². The van der Waals surface area contributed by atoms with Crippen molar-refractivity contribution in [3.8, 4) is 0 Å². The van der Waals surface area contributed by atoms with Gasteiger partial charge in [-0.25, -0.2) is 12.8 Å². The molecule has 1 heterocycles. The minimum atomic E-state index is -4.12. The van der Waals surface area contributed by atoms with Gasteiger partial charge in [0.2, 0.25) is 15.9 Å². The van der Waals surface area contributed by atoms with Crippen molar-refractivity contribution in [3.63, 3.8) is 0 Å². The fourth-order valence-corrected chi connectivity index (χ4v) is 4.47. The molecule has 6 nitrogen and oxygen atoms in total. The number of likely N-dealkylation sites (tertiary alicyclic amines) is 1. The lowest BCUT2D eigenvalue weighted by Gasteiger charge is -2.27. The van der Waals surface area contributed by atoms with Crippen molar-refractivity contribution in [2.24, 2.45) is 11.8 Å². The van der Waals surface area contributed by atoms with Crippen LogP contribution in [0.1, 0.15) is 20.3 Å². The molecule has 8 heteroatoms. The highest BCUT2D eigenvalue weighted by Crippen LogP contribution is 2.20. The molecule has 0 aliphatic carbocycles. The first kappa shape index (κ1) is 19.8. The third kappa shape index (κ3) is 4.77. The SMILES string of the molecule is CNCC1CCN(C(=O)C(NS(=O)(=O)c2ccccc2F)C(C)C)C1. The first-order chi connectivity index (χ1) is 11.8. The Balaban J connectivity index is 2.16. The number of sulfonamides is 1. The molecular weight excluding hydrogens is 345 g/mol. The number of hydrogen-bond donors (Lipinski definition) is 2. The van der Waals surface area contributed by atoms with Gasteiger partial charge in [-0.3, -0.25) is 4.79 Å². The molecule has 1 saturated heterocycles. The van der Waals surface area contributed by atoms with Crippen molar-refractivity contribution in [2.45, 2.75) is 31.2 Å². The summed E-state index contributed by atoms with van der Waals surface area (Å²) in [6.07, 6.45) is 0.886. The van der Waals surface area contributed by atoms with Crippen LogP contribution in [0.15, 0.2) is 29.2 Å². The molecule has 0 aromatic heterocycles. The first-order valence-electron chi connectivity index (χ1n) is 8.46. The topological polar surface area (TPSA) is 78.5 Å². The van der Waals surface area contributed by atoms with E-state index in [1.165, 1.54) is 18.2 Å². The fourth-order valence-electron chi connectivity index (χ4n) is 3.05. The second-order valence-corrected chi connectivity index (χ2v) is 8.45. The molecule has 2 rings (SSSR count). The molecule has 140 valence electrons. The number of amides is 1. The number of benzene rings is 1. The Morgan fingerprint density at radius 2 is 2.04 bits per heavy atom. The van der Waals surface area contributed by atoms with Crippen LogP contribution >= 0.6 is 0 Å². The smallest absolute Gasteiger partial charge is 0.244 e. The summed E-state index contributed by atoms with van der Waals surface area (Å²) in [6, 6.07) is 4.23. The van der Waals surface area contributed by atoms with E-state index in [-0.39, 0.29) is 11.8 Å². The molecule has 25 heavy (non-hydrogen) atoms. The predicted octanol–water partition coefficient (Wildman–Crippen LogP) is 1.20. The van der Waals surface area contributed by atoms with Crippen molar-refractivity contribution in [2.75, 3.05) is 26.7 Å². The van der Waals surface area contributed by atoms with Crippen LogP contribution in [0.5, 0.6) is 0 Å². The van der Waals surface area contributed by atoms with Gasteiger partial charge in [0.1, 0.15) is 16.8 Å². The van der Waals surface area contributed by atoms with Gasteiger partial charge in [-0.2, -0.15) is 4.72 Å². The van der Waals surface area contributed by atoms with Crippen LogP contribution in [0.3, 0.4) is 0 Å². The van der Waals surface area contributed by atoms with E-state index in [1.807, 2.05) is 7.05 Å². The zero-order chi connectivity index (χ0) is 18.6. The largest absolute Gasteiger partial charge is 0.341 e. The Labute approximate surface area is 148 Å². The second-order valence-electron chi connectivity index (χ2n) is 6.77. The quantitative estimate of drug-likeness (QED) is 0.755. The monoisotopic (exact) mass is 371 g/mol. The van der Waals surface area contributed by atoms with Crippen LogP contribution in [-0.4, -0.2) is 51.9 Å². The molecule has 0 spiro atoms. The fraction of sp³-hybridized carbons (Fsp3) is 0.588. The maximum Gasteiger partial charge on any atom is 0.244 e. The van der Waals surface area contributed by atoms with E-state index in [0.29, 0.717) is 19.0 Å². The Kier molecular flexibility index (Phi) is 6.53. The van der Waals surface area contributed by atoms with Crippen LogP contribution in [0, 0.1) is 17.7 Å². The molecule has 1 aromatic carbocycles. The number of carbonyl (C=O) groups is 1. The van der Waals surface area contributed by atoms with Crippen LogP contribution in [0.2, 0.25) is 0 Å². The standard InChI is InChI=1S/C17H26FN3O3S/c1-12(2)16(17(22)21-9-8-13(11-21)10-19-3)20-25(23,24)15-7-5-4-6-14(15)18/h4-7,12-13,16,19-20H,8-11H2,1-3H3. The molecule has 1 amide bonds. The van der Waals surface area contributed by atoms with E-state index < -0.39 is 26.8 Å². The van der Waals surface area contributed by atoms with Gasteiger partial charge >= 0.3 is 0 Å². The summed E-state index contributed by atoms with van der Waals surface area (Å²) in [5.41, 5.74) is 0. The molecule has 0 bridgehead atoms. The highest BCUT2D eigenvalue weighted by atomic mass is 32.2. The second kappa shape index (κ2) is 8.25. The molecule has 2 N–H and O–H groups in total. The third-order valence-corrected chi connectivity index (χ3v) is 5.91. The lowest BCUT2D eigenvalue weighted by molar-refractivity contribution is -0.133. The maximum absolute atomic E-state index is 13.9. The summed E-state index contributed by atoms with van der Waals surface area (Å²) >= 11 is 0. The van der Waals surface area contributed by atoms with E-state index in [9.17, 15) is 17.6 Å². The van der Waals surface area contributed by atoms with E-state index in [0.717, 1.165) is 19.0 Å². The molecule has 0 saturated carbocycles. The van der Waals surface area contributed by atoms with Gasteiger partial charge in [0.25, 0.3) is 0 Å². The number of rotatable bonds is 7. The van der Waals surface area contributed by atoms with Gasteiger partial charge in [0, 0.05) is 13.1 Å². The average Bonchev–Trinajstić information content (AvgIpc) is 3.01. The van der Waals surface area contributed by atoms with E-state index in [2.05, 4.69) is 10.0 Å². The van der Waals surface area contributed by atoms with Crippen molar-refractivity contribution in [1.82, 2.24) is 14.9 Å². The molecular formula is C17H26FN3O3S. The Morgan fingerprint density at radius 1 is 1.36 bits per heavy atom. The van der Waals surface area contributed by atoms with Gasteiger partial charge in [0.05, 0.1) is 0 Å². The van der Waals surface area contributed by atoms with Crippen molar-refractivity contribution in [3.05, 3.63) is 30.1 Å². The number of nitrogens with one attached hydrogen (secondary N) is 2. The van der Waals surface area contributed by atoms with Crippen molar-refractivity contribution < 1.29 is 17.6 Å². The molecule has 1 fully saturated rings. The lowest BCUT2D eigenvalue weighted by atomic mass is 10.0. The summed E-state index contributed by atoms with van der Waals surface area (Å²) in [7, 11) is -2.25. The minimum absolute atomic E-state index is 0.252. The average molecular weight is 371 g/mol. The third-order valence-electron chi connectivity index (χ3n) is 4.43. The number of nitrogens with zero attached hydrogens (tertiary/aromatic N) is 1. The maximum atomic E-state index is 13.9. The first-order valence-corrected chi connectivity index (χ1v) is 9.94. The van der Waals surface area contributed by atoms with Crippen molar-refractivity contribution >= 4 is 15.9 Å². The predicted molar refractivity (Wildman–Crippen MR) is 94.0 cm³/mol. The number of halogens is 1. The Bertz CT molecular complexity index is 709. The molecule has 1 aromatic rings. The molecule has 0 radical (unpaired) electrons. The summed E-state index contributed by atoms with van der Waals surface area (Å²) in [5, 5.41) is 3.10. The van der Waals surface area contributed by atoms with E-state index >= 15 is 0 Å². The Hall–Kier alpha value is -1.51. The normalized spacial score (nSPS) is 19.4. The molecule has 2 unspecified atom stereocenters. The van der Waals surface area contributed by atoms with E-state index in [4.69, 9.17) is 0 Å². The zero-order valence-electron chi connectivity index (χ0n) is 14.8. The van der Waals surface area contributed by atoms with E-state index in [1.54, 1.807) is 18.7 Å².